The van der Waals surface area contributed by atoms with Gasteiger partial charge >= 0.3 is 11.8 Å². The van der Waals surface area contributed by atoms with Crippen molar-refractivity contribution in [3.05, 3.63) is 47.4 Å². The average molecular weight is 422 g/mol. The molecule has 0 spiro atoms. The van der Waals surface area contributed by atoms with Crippen LogP contribution in [0.5, 0.6) is 0 Å². The number of hydrogen-bond acceptors (Lipinski definition) is 7. The van der Waals surface area contributed by atoms with Gasteiger partial charge in [-0.3, -0.25) is 9.52 Å². The highest BCUT2D eigenvalue weighted by atomic mass is 32.2. The topological polar surface area (TPSA) is 105 Å². The van der Waals surface area contributed by atoms with Crippen LogP contribution in [0.2, 0.25) is 0 Å². The zero-order valence-corrected chi connectivity index (χ0v) is 16.1. The van der Waals surface area contributed by atoms with Crippen molar-refractivity contribution in [3.8, 4) is 11.4 Å². The fraction of sp³-hybridized carbons (Fsp3) is 0.235. The summed E-state index contributed by atoms with van der Waals surface area (Å²) in [4.78, 5) is 18.0. The number of halogens is 1. The number of sulfonamides is 1. The van der Waals surface area contributed by atoms with Crippen LogP contribution in [0.1, 0.15) is 23.5 Å². The van der Waals surface area contributed by atoms with Crippen molar-refractivity contribution < 1.29 is 22.1 Å². The molecule has 0 saturated carbocycles. The highest BCUT2D eigenvalue weighted by molar-refractivity contribution is 7.94. The van der Waals surface area contributed by atoms with Gasteiger partial charge in [-0.05, 0) is 31.0 Å². The van der Waals surface area contributed by atoms with Crippen molar-refractivity contribution >= 4 is 33.0 Å². The van der Waals surface area contributed by atoms with Gasteiger partial charge in [-0.25, -0.2) is 12.8 Å². The molecule has 1 fully saturated rings. The van der Waals surface area contributed by atoms with E-state index in [1.165, 1.54) is 29.6 Å². The molecule has 1 N–H and O–H groups in total. The fourth-order valence-electron chi connectivity index (χ4n) is 2.80. The largest absolute Gasteiger partial charge is 0.334 e. The molecule has 8 nitrogen and oxygen atoms in total. The van der Waals surface area contributed by atoms with E-state index in [1.807, 2.05) is 0 Å². The number of para-hydroxylation sites is 1. The number of carbonyl (C=O) groups excluding carboxylic acids is 1. The van der Waals surface area contributed by atoms with E-state index in [4.69, 9.17) is 4.52 Å². The maximum atomic E-state index is 13.7. The third-order valence-electron chi connectivity index (χ3n) is 4.22. The summed E-state index contributed by atoms with van der Waals surface area (Å²) in [5, 5.41) is 5.30. The SMILES string of the molecule is O=C(c1nc(-c2csc(S(=O)(=O)Nc3ccccc3F)c2)no1)N1CCCC1. The molecule has 3 heterocycles. The third kappa shape index (κ3) is 3.62. The minimum atomic E-state index is -3.98. The van der Waals surface area contributed by atoms with E-state index in [9.17, 15) is 17.6 Å². The van der Waals surface area contributed by atoms with Crippen molar-refractivity contribution in [3.63, 3.8) is 0 Å². The monoisotopic (exact) mass is 422 g/mol. The van der Waals surface area contributed by atoms with Crippen molar-refractivity contribution in [1.29, 1.82) is 0 Å². The predicted octanol–water partition coefficient (Wildman–Crippen LogP) is 2.97. The first-order valence-corrected chi connectivity index (χ1v) is 10.8. The number of nitrogens with zero attached hydrogens (tertiary/aromatic N) is 3. The molecule has 1 aliphatic rings. The summed E-state index contributed by atoms with van der Waals surface area (Å²) in [6.45, 7) is 1.30. The molecule has 11 heteroatoms. The van der Waals surface area contributed by atoms with Gasteiger partial charge in [0.15, 0.2) is 0 Å². The predicted molar refractivity (Wildman–Crippen MR) is 100.0 cm³/mol. The van der Waals surface area contributed by atoms with Crippen molar-refractivity contribution in [1.82, 2.24) is 15.0 Å². The lowest BCUT2D eigenvalue weighted by Gasteiger charge is -2.10. The van der Waals surface area contributed by atoms with E-state index >= 15 is 0 Å². The number of aromatic nitrogens is 2. The van der Waals surface area contributed by atoms with Crippen LogP contribution in [0, 0.1) is 5.82 Å². The zero-order chi connectivity index (χ0) is 19.7. The molecule has 28 heavy (non-hydrogen) atoms. The molecule has 4 rings (SSSR count). The molecule has 0 radical (unpaired) electrons. The first-order valence-electron chi connectivity index (χ1n) is 8.43. The molecule has 1 aliphatic heterocycles. The van der Waals surface area contributed by atoms with E-state index in [0.717, 1.165) is 30.2 Å². The maximum absolute atomic E-state index is 13.7. The molecule has 1 saturated heterocycles. The van der Waals surface area contributed by atoms with E-state index in [2.05, 4.69) is 14.9 Å². The van der Waals surface area contributed by atoms with Crippen molar-refractivity contribution in [2.45, 2.75) is 17.1 Å². The maximum Gasteiger partial charge on any atom is 0.316 e. The lowest BCUT2D eigenvalue weighted by Crippen LogP contribution is -2.27. The van der Waals surface area contributed by atoms with Crippen LogP contribution in [0.3, 0.4) is 0 Å². The second-order valence-corrected chi connectivity index (χ2v) is 8.98. The lowest BCUT2D eigenvalue weighted by atomic mass is 10.3. The molecule has 2 aromatic heterocycles. The molecule has 0 atom stereocenters. The molecule has 146 valence electrons. The third-order valence-corrected chi connectivity index (χ3v) is 7.02. The van der Waals surface area contributed by atoms with E-state index in [0.29, 0.717) is 18.7 Å². The van der Waals surface area contributed by atoms with Gasteiger partial charge in [-0.2, -0.15) is 4.98 Å². The summed E-state index contributed by atoms with van der Waals surface area (Å²) in [6.07, 6.45) is 1.88. The lowest BCUT2D eigenvalue weighted by molar-refractivity contribution is 0.0743. The van der Waals surface area contributed by atoms with Gasteiger partial charge in [0.2, 0.25) is 5.82 Å². The van der Waals surface area contributed by atoms with Crippen molar-refractivity contribution in [2.75, 3.05) is 17.8 Å². The summed E-state index contributed by atoms with van der Waals surface area (Å²) < 4.78 is 45.9. The Morgan fingerprint density at radius 2 is 2.00 bits per heavy atom. The van der Waals surface area contributed by atoms with E-state index < -0.39 is 15.8 Å². The number of rotatable bonds is 5. The second-order valence-electron chi connectivity index (χ2n) is 6.16. The van der Waals surface area contributed by atoms with Crippen LogP contribution in [-0.2, 0) is 10.0 Å². The molecule has 0 bridgehead atoms. The number of anilines is 1. The zero-order valence-electron chi connectivity index (χ0n) is 14.5. The van der Waals surface area contributed by atoms with Crippen LogP contribution >= 0.6 is 11.3 Å². The van der Waals surface area contributed by atoms with Gasteiger partial charge in [-0.1, -0.05) is 17.3 Å². The Kier molecular flexibility index (Phi) is 4.85. The molecular formula is C17H15FN4O4S2. The first kappa shape index (κ1) is 18.6. The number of carbonyl (C=O) groups is 1. The summed E-state index contributed by atoms with van der Waals surface area (Å²) in [6, 6.07) is 6.84. The van der Waals surface area contributed by atoms with Gasteiger partial charge < -0.3 is 9.42 Å². The normalized spacial score (nSPS) is 14.4. The molecule has 0 unspecified atom stereocenters. The Balaban J connectivity index is 1.54. The van der Waals surface area contributed by atoms with E-state index in [-0.39, 0.29) is 27.5 Å². The van der Waals surface area contributed by atoms with Gasteiger partial charge in [0.05, 0.1) is 5.69 Å². The van der Waals surface area contributed by atoms with Crippen LogP contribution in [0.15, 0.2) is 44.4 Å². The Labute approximate surface area is 164 Å². The minimum absolute atomic E-state index is 0.0389. The van der Waals surface area contributed by atoms with Crippen LogP contribution < -0.4 is 4.72 Å². The van der Waals surface area contributed by atoms with Gasteiger partial charge in [0.25, 0.3) is 10.0 Å². The number of amides is 1. The first-order chi connectivity index (χ1) is 13.4. The fourth-order valence-corrected chi connectivity index (χ4v) is 5.02. The van der Waals surface area contributed by atoms with Crippen LogP contribution in [0.4, 0.5) is 10.1 Å². The molecular weight excluding hydrogens is 407 g/mol. The van der Waals surface area contributed by atoms with Gasteiger partial charge in [0, 0.05) is 24.0 Å². The molecule has 1 amide bonds. The Morgan fingerprint density at radius 3 is 2.75 bits per heavy atom. The van der Waals surface area contributed by atoms with Crippen LogP contribution in [0.25, 0.3) is 11.4 Å². The summed E-state index contributed by atoms with van der Waals surface area (Å²) in [7, 11) is -3.98. The number of benzene rings is 1. The summed E-state index contributed by atoms with van der Waals surface area (Å²) >= 11 is 0.929. The smallest absolute Gasteiger partial charge is 0.316 e. The Bertz CT molecular complexity index is 1120. The van der Waals surface area contributed by atoms with Crippen LogP contribution in [-0.4, -0.2) is 42.5 Å². The highest BCUT2D eigenvalue weighted by Crippen LogP contribution is 2.29. The van der Waals surface area contributed by atoms with Gasteiger partial charge in [-0.15, -0.1) is 11.3 Å². The molecule has 3 aromatic rings. The summed E-state index contributed by atoms with van der Waals surface area (Å²) in [5.41, 5.74) is 0.249. The standard InChI is InChI=1S/C17H15FN4O4S2/c18-12-5-1-2-6-13(12)21-28(24,25)14-9-11(10-27-14)15-19-16(26-20-15)17(23)22-7-3-4-8-22/h1-2,5-6,9-10,21H,3-4,7-8H2. The average Bonchev–Trinajstić information content (AvgIpc) is 3.42. The quantitative estimate of drug-likeness (QED) is 0.678. The number of hydrogen-bond donors (Lipinski definition) is 1. The number of likely N-dealkylation sites (tertiary alicyclic amines) is 1. The highest BCUT2D eigenvalue weighted by Gasteiger charge is 2.26. The second kappa shape index (κ2) is 7.32. The summed E-state index contributed by atoms with van der Waals surface area (Å²) in [5.74, 6) is -1.02. The minimum Gasteiger partial charge on any atom is -0.334 e. The Morgan fingerprint density at radius 1 is 1.25 bits per heavy atom. The number of nitrogens with one attached hydrogen (secondary N) is 1. The number of thiophene rings is 1. The van der Waals surface area contributed by atoms with Gasteiger partial charge in [0.1, 0.15) is 10.0 Å². The van der Waals surface area contributed by atoms with E-state index in [1.54, 1.807) is 4.90 Å². The Hall–Kier alpha value is -2.79. The van der Waals surface area contributed by atoms with Crippen molar-refractivity contribution in [2.24, 2.45) is 0 Å². The molecule has 0 aliphatic carbocycles. The molecule has 1 aromatic carbocycles.